The van der Waals surface area contributed by atoms with Crippen LogP contribution in [0, 0.1) is 11.8 Å². The Morgan fingerprint density at radius 2 is 1.81 bits per heavy atom. The zero-order chi connectivity index (χ0) is 22.5. The average molecular weight is 426 g/mol. The highest BCUT2D eigenvalue weighted by atomic mass is 16.2. The summed E-state index contributed by atoms with van der Waals surface area (Å²) in [6.07, 6.45) is 9.69. The molecule has 4 rings (SSSR count). The van der Waals surface area contributed by atoms with Gasteiger partial charge in [-0.25, -0.2) is 5.01 Å². The van der Waals surface area contributed by atoms with E-state index in [1.807, 2.05) is 18.3 Å². The molecule has 0 radical (unpaired) electrons. The third-order valence-corrected chi connectivity index (χ3v) is 6.09. The molecule has 1 aliphatic carbocycles. The number of hydrazone groups is 1. The van der Waals surface area contributed by atoms with Gasteiger partial charge in [0.15, 0.2) is 0 Å². The highest BCUT2D eigenvalue weighted by Crippen LogP contribution is 2.30. The van der Waals surface area contributed by atoms with Crippen molar-refractivity contribution >= 4 is 17.3 Å². The van der Waals surface area contributed by atoms with Gasteiger partial charge in [-0.1, -0.05) is 81.1 Å². The third-order valence-electron chi connectivity index (χ3n) is 6.09. The van der Waals surface area contributed by atoms with Crippen molar-refractivity contribution in [2.45, 2.75) is 39.5 Å². The van der Waals surface area contributed by atoms with Crippen LogP contribution in [0.5, 0.6) is 0 Å². The van der Waals surface area contributed by atoms with Crippen LogP contribution in [0.25, 0.3) is 5.57 Å². The molecule has 4 nitrogen and oxygen atoms in total. The van der Waals surface area contributed by atoms with E-state index in [-0.39, 0.29) is 17.7 Å². The number of nitrogens with one attached hydrogen (secondary N) is 1. The second kappa shape index (κ2) is 9.82. The van der Waals surface area contributed by atoms with Crippen molar-refractivity contribution in [2.24, 2.45) is 16.9 Å². The van der Waals surface area contributed by atoms with Crippen LogP contribution in [-0.2, 0) is 11.2 Å². The van der Waals surface area contributed by atoms with Crippen LogP contribution in [0.2, 0.25) is 0 Å². The van der Waals surface area contributed by atoms with Gasteiger partial charge in [-0.05, 0) is 48.4 Å². The first-order valence-electron chi connectivity index (χ1n) is 11.4. The van der Waals surface area contributed by atoms with Crippen molar-refractivity contribution < 1.29 is 4.79 Å². The normalized spacial score (nSPS) is 17.2. The Balaban J connectivity index is 1.49. The van der Waals surface area contributed by atoms with E-state index in [0.717, 1.165) is 42.5 Å². The minimum absolute atomic E-state index is 0.0837. The average Bonchev–Trinajstić information content (AvgIpc) is 3.66. The van der Waals surface area contributed by atoms with Crippen molar-refractivity contribution in [2.75, 3.05) is 0 Å². The summed E-state index contributed by atoms with van der Waals surface area (Å²) in [6.45, 7) is 8.49. The Morgan fingerprint density at radius 1 is 1.12 bits per heavy atom. The van der Waals surface area contributed by atoms with E-state index < -0.39 is 0 Å². The van der Waals surface area contributed by atoms with Crippen molar-refractivity contribution in [3.05, 3.63) is 102 Å². The molecule has 2 aromatic carbocycles. The number of carbonyl (C=O) groups is 1. The Morgan fingerprint density at radius 3 is 2.47 bits per heavy atom. The molecule has 0 saturated heterocycles. The first kappa shape index (κ1) is 21.8. The van der Waals surface area contributed by atoms with E-state index >= 15 is 0 Å². The zero-order valence-electron chi connectivity index (χ0n) is 18.9. The lowest BCUT2D eigenvalue weighted by atomic mass is 9.98. The van der Waals surface area contributed by atoms with Crippen molar-refractivity contribution in [3.8, 4) is 0 Å². The fourth-order valence-electron chi connectivity index (χ4n) is 3.65. The zero-order valence-corrected chi connectivity index (χ0v) is 18.9. The van der Waals surface area contributed by atoms with E-state index in [1.165, 1.54) is 11.1 Å². The molecule has 1 aliphatic heterocycles. The van der Waals surface area contributed by atoms with E-state index in [2.05, 4.69) is 80.4 Å². The molecule has 2 aliphatic rings. The molecule has 0 aromatic heterocycles. The first-order valence-corrected chi connectivity index (χ1v) is 11.4. The van der Waals surface area contributed by atoms with Gasteiger partial charge in [-0.15, -0.1) is 0 Å². The second-order valence-electron chi connectivity index (χ2n) is 8.63. The predicted octanol–water partition coefficient (Wildman–Crippen LogP) is 5.89. The molecule has 1 N–H and O–H groups in total. The molecule has 1 fully saturated rings. The van der Waals surface area contributed by atoms with E-state index in [4.69, 9.17) is 5.10 Å². The summed E-state index contributed by atoms with van der Waals surface area (Å²) in [4.78, 5) is 12.3. The third kappa shape index (κ3) is 5.25. The maximum Gasteiger partial charge on any atom is 0.228 e. The fraction of sp³-hybridized carbons (Fsp3) is 0.286. The van der Waals surface area contributed by atoms with Crippen molar-refractivity contribution in [3.63, 3.8) is 0 Å². The van der Waals surface area contributed by atoms with Gasteiger partial charge in [0.2, 0.25) is 5.91 Å². The van der Waals surface area contributed by atoms with Gasteiger partial charge in [-0.2, -0.15) is 5.10 Å². The maximum absolute atomic E-state index is 12.3. The van der Waals surface area contributed by atoms with Gasteiger partial charge in [0, 0.05) is 23.6 Å². The Labute approximate surface area is 191 Å². The molecule has 164 valence electrons. The molecule has 1 unspecified atom stereocenters. The van der Waals surface area contributed by atoms with Gasteiger partial charge in [0.25, 0.3) is 0 Å². The topological polar surface area (TPSA) is 44.7 Å². The number of carbonyl (C=O) groups excluding carboxylic acids is 1. The molecule has 0 bridgehead atoms. The Hall–Kier alpha value is -3.40. The Bertz CT molecular complexity index is 1060. The summed E-state index contributed by atoms with van der Waals surface area (Å²) in [5, 5.41) is 9.61. The maximum atomic E-state index is 12.3. The minimum Gasteiger partial charge on any atom is -0.312 e. The van der Waals surface area contributed by atoms with Gasteiger partial charge >= 0.3 is 0 Å². The number of benzene rings is 2. The lowest BCUT2D eigenvalue weighted by molar-refractivity contribution is -0.120. The van der Waals surface area contributed by atoms with Crippen molar-refractivity contribution in [1.29, 1.82) is 0 Å². The van der Waals surface area contributed by atoms with E-state index in [1.54, 1.807) is 5.01 Å². The van der Waals surface area contributed by atoms with Crippen LogP contribution in [0.1, 0.15) is 49.8 Å². The molecule has 2 aromatic rings. The summed E-state index contributed by atoms with van der Waals surface area (Å²) in [7, 11) is 0. The standard InChI is InChI=1S/C28H31N3O/c1-4-20(2)27(29-28(32)25-16-17-25)30-31-18-8-11-26(21(31)3)24-14-12-23(13-15-24)19-22-9-6-5-7-10-22/h5-15,18,20,25H,3-4,16-17,19H2,1-2H3,(H,29,30,32). The summed E-state index contributed by atoms with van der Waals surface area (Å²) in [5.41, 5.74) is 5.50. The van der Waals surface area contributed by atoms with Crippen LogP contribution in [0.4, 0.5) is 0 Å². The van der Waals surface area contributed by atoms with E-state index in [0.29, 0.717) is 5.84 Å². The lowest BCUT2D eigenvalue weighted by Crippen LogP contribution is -2.37. The van der Waals surface area contributed by atoms with Gasteiger partial charge in [0.1, 0.15) is 5.84 Å². The van der Waals surface area contributed by atoms with E-state index in [9.17, 15) is 4.79 Å². The SMILES string of the molecule is C=C1C(c2ccc(Cc3ccccc3)cc2)=CC=CN1N=C(NC(=O)C1CC1)C(C)CC. The summed E-state index contributed by atoms with van der Waals surface area (Å²) < 4.78 is 0. The molecule has 0 spiro atoms. The Kier molecular flexibility index (Phi) is 6.69. The molecule has 1 heterocycles. The highest BCUT2D eigenvalue weighted by molar-refractivity contribution is 6.00. The highest BCUT2D eigenvalue weighted by Gasteiger charge is 2.31. The van der Waals surface area contributed by atoms with Crippen LogP contribution >= 0.6 is 0 Å². The number of hydrogen-bond acceptors (Lipinski definition) is 3. The van der Waals surface area contributed by atoms with Crippen LogP contribution in [0.15, 0.2) is 90.3 Å². The molecular weight excluding hydrogens is 394 g/mol. The van der Waals surface area contributed by atoms with Gasteiger partial charge in [0.05, 0.1) is 5.70 Å². The summed E-state index contributed by atoms with van der Waals surface area (Å²) in [5.74, 6) is 1.09. The van der Waals surface area contributed by atoms with Crippen LogP contribution < -0.4 is 5.32 Å². The largest absolute Gasteiger partial charge is 0.312 e. The monoisotopic (exact) mass is 425 g/mol. The number of amidine groups is 1. The van der Waals surface area contributed by atoms with Crippen LogP contribution in [0.3, 0.4) is 0 Å². The first-order chi connectivity index (χ1) is 15.5. The number of hydrogen-bond donors (Lipinski definition) is 1. The minimum atomic E-state index is 0.0837. The smallest absolute Gasteiger partial charge is 0.228 e. The molecular formula is C28H31N3O. The quantitative estimate of drug-likeness (QED) is 0.444. The number of nitrogens with zero attached hydrogens (tertiary/aromatic N) is 2. The number of amides is 1. The predicted molar refractivity (Wildman–Crippen MR) is 132 cm³/mol. The second-order valence-corrected chi connectivity index (χ2v) is 8.63. The summed E-state index contributed by atoms with van der Waals surface area (Å²) in [6, 6.07) is 19.1. The molecule has 4 heteroatoms. The molecule has 1 atom stereocenters. The number of rotatable bonds is 7. The molecule has 1 amide bonds. The lowest BCUT2D eigenvalue weighted by Gasteiger charge is -2.25. The number of allylic oxidation sites excluding steroid dienone is 3. The molecule has 1 saturated carbocycles. The van der Waals surface area contributed by atoms with Gasteiger partial charge < -0.3 is 5.32 Å². The summed E-state index contributed by atoms with van der Waals surface area (Å²) >= 11 is 0. The van der Waals surface area contributed by atoms with Gasteiger partial charge in [-0.3, -0.25) is 4.79 Å². The van der Waals surface area contributed by atoms with Crippen LogP contribution in [-0.4, -0.2) is 16.8 Å². The fourth-order valence-corrected chi connectivity index (χ4v) is 3.65. The van der Waals surface area contributed by atoms with Crippen molar-refractivity contribution in [1.82, 2.24) is 10.3 Å². The molecule has 32 heavy (non-hydrogen) atoms.